The van der Waals surface area contributed by atoms with E-state index in [2.05, 4.69) is 25.7 Å². The molecule has 0 aliphatic rings. The molecule has 1 heterocycles. The van der Waals surface area contributed by atoms with E-state index in [4.69, 9.17) is 4.74 Å². The third kappa shape index (κ3) is 2.29. The van der Waals surface area contributed by atoms with E-state index >= 15 is 0 Å². The first-order chi connectivity index (χ1) is 7.52. The molecular weight excluding hydrogens is 288 g/mol. The van der Waals surface area contributed by atoms with Gasteiger partial charge >= 0.3 is 5.97 Å². The number of rotatable bonds is 3. The summed E-state index contributed by atoms with van der Waals surface area (Å²) in [4.78, 5) is 14.9. The highest BCUT2D eigenvalue weighted by molar-refractivity contribution is 9.10. The molecule has 7 heteroatoms. The fourth-order valence-electron chi connectivity index (χ4n) is 1.14. The Hall–Kier alpha value is -1.24. The van der Waals surface area contributed by atoms with Crippen molar-refractivity contribution in [2.75, 3.05) is 14.2 Å². The number of hydrogen-bond acceptors (Lipinski definition) is 4. The number of methoxy groups -OCH3 is 2. The molecule has 0 unspecified atom stereocenters. The van der Waals surface area contributed by atoms with Crippen LogP contribution in [0, 0.1) is 0 Å². The van der Waals surface area contributed by atoms with Crippen molar-refractivity contribution in [3.05, 3.63) is 21.9 Å². The first kappa shape index (κ1) is 12.8. The van der Waals surface area contributed by atoms with Crippen molar-refractivity contribution in [3.63, 3.8) is 0 Å². The summed E-state index contributed by atoms with van der Waals surface area (Å²) in [6.07, 6.45) is -1.67. The number of halogens is 3. The van der Waals surface area contributed by atoms with Crippen LogP contribution in [-0.2, 0) is 4.74 Å². The molecule has 1 aromatic heterocycles. The molecule has 0 amide bonds. The molecule has 0 aliphatic carbocycles. The zero-order chi connectivity index (χ0) is 12.3. The molecule has 0 fully saturated rings. The lowest BCUT2D eigenvalue weighted by atomic mass is 10.2. The third-order valence-electron chi connectivity index (χ3n) is 1.83. The van der Waals surface area contributed by atoms with Crippen molar-refractivity contribution in [3.8, 4) is 5.75 Å². The number of carbonyl (C=O) groups is 1. The molecule has 0 saturated carbocycles. The number of nitrogens with zero attached hydrogens (tertiary/aromatic N) is 1. The maximum Gasteiger partial charge on any atom is 0.360 e. The van der Waals surface area contributed by atoms with Crippen molar-refractivity contribution >= 4 is 21.9 Å². The Balaban J connectivity index is 3.42. The Bertz CT molecular complexity index is 412. The van der Waals surface area contributed by atoms with Crippen LogP contribution in [0.15, 0.2) is 10.7 Å². The number of pyridine rings is 1. The number of esters is 1. The second-order valence-electron chi connectivity index (χ2n) is 2.69. The van der Waals surface area contributed by atoms with Gasteiger partial charge in [0.25, 0.3) is 6.43 Å². The number of hydrogen-bond donors (Lipinski definition) is 0. The summed E-state index contributed by atoms with van der Waals surface area (Å²) in [5.74, 6) is -1.11. The van der Waals surface area contributed by atoms with E-state index in [9.17, 15) is 13.6 Å². The highest BCUT2D eigenvalue weighted by Crippen LogP contribution is 2.36. The first-order valence-corrected chi connectivity index (χ1v) is 4.91. The van der Waals surface area contributed by atoms with Crippen LogP contribution in [0.1, 0.15) is 22.5 Å². The van der Waals surface area contributed by atoms with Crippen LogP contribution in [0.5, 0.6) is 5.75 Å². The summed E-state index contributed by atoms with van der Waals surface area (Å²) in [5.41, 5.74) is -0.693. The standard InChI is InChI=1S/C9H8BrF2NO3/c1-15-7-5(8(11)12)4(10)3-13-6(7)9(14)16-2/h3,8H,1-2H3. The van der Waals surface area contributed by atoms with Crippen LogP contribution >= 0.6 is 15.9 Å². The van der Waals surface area contributed by atoms with Crippen molar-refractivity contribution in [2.24, 2.45) is 0 Å². The van der Waals surface area contributed by atoms with E-state index in [1.807, 2.05) is 0 Å². The molecule has 1 aromatic rings. The SMILES string of the molecule is COC(=O)c1ncc(Br)c(C(F)F)c1OC. The van der Waals surface area contributed by atoms with Gasteiger partial charge in [-0.15, -0.1) is 0 Å². The molecule has 0 spiro atoms. The molecule has 0 saturated heterocycles. The monoisotopic (exact) mass is 295 g/mol. The summed E-state index contributed by atoms with van der Waals surface area (Å²) < 4.78 is 34.7. The number of carbonyl (C=O) groups excluding carboxylic acids is 1. The van der Waals surface area contributed by atoms with Gasteiger partial charge in [-0.1, -0.05) is 0 Å². The van der Waals surface area contributed by atoms with Gasteiger partial charge in [-0.05, 0) is 15.9 Å². The largest absolute Gasteiger partial charge is 0.494 e. The second kappa shape index (κ2) is 5.20. The topological polar surface area (TPSA) is 48.4 Å². The zero-order valence-electron chi connectivity index (χ0n) is 8.46. The molecule has 0 radical (unpaired) electrons. The lowest BCUT2D eigenvalue weighted by Gasteiger charge is -2.12. The van der Waals surface area contributed by atoms with E-state index in [1.54, 1.807) is 0 Å². The summed E-state index contributed by atoms with van der Waals surface area (Å²) in [6.45, 7) is 0. The maximum atomic E-state index is 12.7. The van der Waals surface area contributed by atoms with Crippen LogP contribution in [0.2, 0.25) is 0 Å². The zero-order valence-corrected chi connectivity index (χ0v) is 10.0. The van der Waals surface area contributed by atoms with Gasteiger partial charge in [0.15, 0.2) is 11.4 Å². The van der Waals surface area contributed by atoms with Crippen LogP contribution in [-0.4, -0.2) is 25.2 Å². The minimum Gasteiger partial charge on any atom is -0.494 e. The van der Waals surface area contributed by atoms with Crippen LogP contribution < -0.4 is 4.74 Å². The van der Waals surface area contributed by atoms with Crippen molar-refractivity contribution in [1.29, 1.82) is 0 Å². The molecule has 0 N–H and O–H groups in total. The summed E-state index contributed by atoms with van der Waals surface area (Å²) in [7, 11) is 2.31. The van der Waals surface area contributed by atoms with Gasteiger partial charge in [-0.25, -0.2) is 18.6 Å². The molecule has 0 aromatic carbocycles. The van der Waals surface area contributed by atoms with E-state index in [0.717, 1.165) is 13.3 Å². The van der Waals surface area contributed by atoms with E-state index < -0.39 is 18.0 Å². The maximum absolute atomic E-state index is 12.7. The summed E-state index contributed by atoms with van der Waals surface area (Å²) in [5, 5.41) is 0. The smallest absolute Gasteiger partial charge is 0.360 e. The van der Waals surface area contributed by atoms with Gasteiger partial charge in [0.05, 0.1) is 19.8 Å². The van der Waals surface area contributed by atoms with Gasteiger partial charge in [-0.2, -0.15) is 0 Å². The molecule has 88 valence electrons. The quantitative estimate of drug-likeness (QED) is 0.804. The Morgan fingerprint density at radius 3 is 2.56 bits per heavy atom. The summed E-state index contributed by atoms with van der Waals surface area (Å²) in [6, 6.07) is 0. The average molecular weight is 296 g/mol. The predicted octanol–water partition coefficient (Wildman–Crippen LogP) is 2.58. The first-order valence-electron chi connectivity index (χ1n) is 4.11. The van der Waals surface area contributed by atoms with Gasteiger partial charge in [0.1, 0.15) is 0 Å². The van der Waals surface area contributed by atoms with Gasteiger partial charge in [0, 0.05) is 10.7 Å². The van der Waals surface area contributed by atoms with Gasteiger partial charge in [-0.3, -0.25) is 0 Å². The molecular formula is C9H8BrF2NO3. The van der Waals surface area contributed by atoms with Crippen molar-refractivity contribution in [2.45, 2.75) is 6.43 Å². The van der Waals surface area contributed by atoms with Crippen LogP contribution in [0.25, 0.3) is 0 Å². The highest BCUT2D eigenvalue weighted by Gasteiger charge is 2.25. The minimum absolute atomic E-state index is 0.0759. The fraction of sp³-hybridized carbons (Fsp3) is 0.333. The lowest BCUT2D eigenvalue weighted by Crippen LogP contribution is -2.09. The van der Waals surface area contributed by atoms with E-state index in [1.165, 1.54) is 7.11 Å². The fourth-order valence-corrected chi connectivity index (χ4v) is 1.59. The Morgan fingerprint density at radius 2 is 2.12 bits per heavy atom. The molecule has 0 aliphatic heterocycles. The average Bonchev–Trinajstić information content (AvgIpc) is 2.26. The molecule has 4 nitrogen and oxygen atoms in total. The minimum atomic E-state index is -2.78. The Kier molecular flexibility index (Phi) is 4.17. The predicted molar refractivity (Wildman–Crippen MR) is 54.8 cm³/mol. The normalized spacial score (nSPS) is 10.4. The molecule has 0 atom stereocenters. The van der Waals surface area contributed by atoms with Gasteiger partial charge in [0.2, 0.25) is 0 Å². The van der Waals surface area contributed by atoms with Gasteiger partial charge < -0.3 is 9.47 Å². The highest BCUT2D eigenvalue weighted by atomic mass is 79.9. The van der Waals surface area contributed by atoms with Crippen LogP contribution in [0.3, 0.4) is 0 Å². The third-order valence-corrected chi connectivity index (χ3v) is 2.46. The Morgan fingerprint density at radius 1 is 1.50 bits per heavy atom. The molecule has 16 heavy (non-hydrogen) atoms. The lowest BCUT2D eigenvalue weighted by molar-refractivity contribution is 0.0588. The number of alkyl halides is 2. The van der Waals surface area contributed by atoms with Crippen molar-refractivity contribution < 1.29 is 23.0 Å². The second-order valence-corrected chi connectivity index (χ2v) is 3.55. The molecule has 1 rings (SSSR count). The van der Waals surface area contributed by atoms with Crippen LogP contribution in [0.4, 0.5) is 8.78 Å². The van der Waals surface area contributed by atoms with Crippen molar-refractivity contribution in [1.82, 2.24) is 4.98 Å². The number of aromatic nitrogens is 1. The van der Waals surface area contributed by atoms with E-state index in [0.29, 0.717) is 0 Å². The number of ether oxygens (including phenoxy) is 2. The molecule has 0 bridgehead atoms. The Labute approximate surface area is 98.7 Å². The summed E-state index contributed by atoms with van der Waals surface area (Å²) >= 11 is 2.92. The van der Waals surface area contributed by atoms with E-state index in [-0.39, 0.29) is 15.9 Å².